The Hall–Kier alpha value is -3.94. The zero-order valence-electron chi connectivity index (χ0n) is 24.5. The molecule has 0 spiro atoms. The van der Waals surface area contributed by atoms with Crippen molar-refractivity contribution in [2.24, 2.45) is 20.5 Å². The Labute approximate surface area is 300 Å². The molecule has 0 aliphatic rings. The molecule has 0 amide bonds. The SMILES string of the molecule is O=S(=O)(O)c1ccc(O)c(N=Nc2ccc(/C=C/c3ccc(N=Nc4cc(S(=O)(=O)O)ccc4O)cc3S(=O)(=O)O)c(S(=O)(=O)O)c2)c1.[Na+]. The summed E-state index contributed by atoms with van der Waals surface area (Å²) in [5, 5.41) is 34.6. The molecule has 4 rings (SSSR count). The average molecular weight is 764 g/mol. The minimum Gasteiger partial charge on any atom is -0.506 e. The molecule has 18 nitrogen and oxygen atoms in total. The number of hydrogen-bond donors (Lipinski definition) is 6. The number of phenolic OH excluding ortho intramolecular Hbond substituents is 2. The maximum absolute atomic E-state index is 12.2. The van der Waals surface area contributed by atoms with E-state index in [1.807, 2.05) is 0 Å². The average Bonchev–Trinajstić information content (AvgIpc) is 2.97. The van der Waals surface area contributed by atoms with Gasteiger partial charge in [-0.15, -0.1) is 10.2 Å². The van der Waals surface area contributed by atoms with E-state index < -0.39 is 82.9 Å². The number of aromatic hydroxyl groups is 2. The van der Waals surface area contributed by atoms with E-state index in [4.69, 9.17) is 0 Å². The molecule has 0 aromatic heterocycles. The van der Waals surface area contributed by atoms with Crippen LogP contribution in [0, 0.1) is 0 Å². The van der Waals surface area contributed by atoms with Crippen molar-refractivity contribution in [1.29, 1.82) is 0 Å². The quantitative estimate of drug-likeness (QED) is 0.0583. The molecule has 0 bridgehead atoms. The predicted octanol–water partition coefficient (Wildman–Crippen LogP) is 2.09. The van der Waals surface area contributed by atoms with Crippen molar-refractivity contribution >= 4 is 75.4 Å². The van der Waals surface area contributed by atoms with E-state index in [0.29, 0.717) is 0 Å². The third-order valence-corrected chi connectivity index (χ3v) is 9.55. The Kier molecular flexibility index (Phi) is 12.0. The first-order valence-corrected chi connectivity index (χ1v) is 18.2. The topological polar surface area (TPSA) is 307 Å². The molecule has 0 unspecified atom stereocenters. The van der Waals surface area contributed by atoms with E-state index in [1.54, 1.807) is 0 Å². The van der Waals surface area contributed by atoms with Crippen LogP contribution in [0.15, 0.2) is 113 Å². The van der Waals surface area contributed by atoms with Crippen molar-refractivity contribution in [3.05, 3.63) is 83.9 Å². The Bertz CT molecular complexity index is 2310. The van der Waals surface area contributed by atoms with E-state index in [-0.39, 0.29) is 52.1 Å². The summed E-state index contributed by atoms with van der Waals surface area (Å²) in [5.74, 6) is -1.07. The minimum atomic E-state index is -4.96. The summed E-state index contributed by atoms with van der Waals surface area (Å²) in [7, 11) is -19.2. The molecule has 0 saturated heterocycles. The second-order valence-electron chi connectivity index (χ2n) is 9.38. The van der Waals surface area contributed by atoms with Crippen molar-refractivity contribution in [2.75, 3.05) is 0 Å². The van der Waals surface area contributed by atoms with E-state index in [9.17, 15) is 62.1 Å². The number of benzene rings is 4. The van der Waals surface area contributed by atoms with Gasteiger partial charge in [-0.3, -0.25) is 18.2 Å². The van der Waals surface area contributed by atoms with Crippen LogP contribution >= 0.6 is 0 Å². The maximum atomic E-state index is 12.2. The van der Waals surface area contributed by atoms with Gasteiger partial charge in [0.25, 0.3) is 40.5 Å². The molecule has 0 radical (unpaired) electrons. The predicted molar refractivity (Wildman–Crippen MR) is 166 cm³/mol. The van der Waals surface area contributed by atoms with Crippen molar-refractivity contribution in [3.8, 4) is 11.5 Å². The van der Waals surface area contributed by atoms with E-state index in [1.165, 1.54) is 12.1 Å². The van der Waals surface area contributed by atoms with Gasteiger partial charge in [-0.25, -0.2) is 0 Å². The van der Waals surface area contributed by atoms with Crippen LogP contribution in [0.2, 0.25) is 0 Å². The fourth-order valence-corrected chi connectivity index (χ4v) is 6.19. The molecule has 0 fully saturated rings. The van der Waals surface area contributed by atoms with Gasteiger partial charge in [0, 0.05) is 0 Å². The Morgan fingerprint density at radius 3 is 1.10 bits per heavy atom. The summed E-state index contributed by atoms with van der Waals surface area (Å²) in [6.07, 6.45) is 2.13. The van der Waals surface area contributed by atoms with Crippen LogP contribution in [0.5, 0.6) is 11.5 Å². The summed E-state index contributed by atoms with van der Waals surface area (Å²) in [4.78, 5) is -2.70. The molecule has 0 aliphatic heterocycles. The largest absolute Gasteiger partial charge is 1.00 e. The van der Waals surface area contributed by atoms with Crippen LogP contribution in [0.25, 0.3) is 12.2 Å². The first kappa shape index (κ1) is 39.5. The number of phenols is 2. The number of azo groups is 2. The molecular weight excluding hydrogens is 744 g/mol. The van der Waals surface area contributed by atoms with Gasteiger partial charge in [0.05, 0.1) is 21.2 Å². The molecule has 6 N–H and O–H groups in total. The summed E-state index contributed by atoms with van der Waals surface area (Å²) >= 11 is 0. The van der Waals surface area contributed by atoms with Crippen LogP contribution in [0.4, 0.5) is 22.7 Å². The standard InChI is InChI=1S/C26H20N4O14S4.Na/c31-23-9-7-19(45(33,34)35)13-21(23)29-27-17-5-3-15(25(11-17)47(39,40)41)1-2-16-4-6-18(12-26(16)48(42,43)44)28-30-22-14-20(46(36,37)38)8-10-24(22)32;/h1-14,31-32H,(H,33,34,35)(H,36,37,38)(H,39,40,41)(H,42,43,44);/q;+1/b2-1+,29-27?,30-28?;. The number of hydrogen-bond acceptors (Lipinski definition) is 14. The molecule has 49 heavy (non-hydrogen) atoms. The van der Waals surface area contributed by atoms with Gasteiger partial charge in [-0.05, 0) is 71.8 Å². The van der Waals surface area contributed by atoms with E-state index in [0.717, 1.165) is 72.8 Å². The molecular formula is C26H20N4NaO14S4+. The van der Waals surface area contributed by atoms with Crippen molar-refractivity contribution in [1.82, 2.24) is 0 Å². The van der Waals surface area contributed by atoms with Crippen molar-refractivity contribution in [2.45, 2.75) is 19.6 Å². The second kappa shape index (κ2) is 14.9. The fourth-order valence-electron chi connectivity index (χ4n) is 3.78. The Morgan fingerprint density at radius 2 is 0.796 bits per heavy atom. The minimum absolute atomic E-state index is 0. The molecule has 0 atom stereocenters. The molecule has 4 aromatic carbocycles. The van der Waals surface area contributed by atoms with Crippen molar-refractivity contribution in [3.63, 3.8) is 0 Å². The number of rotatable bonds is 10. The molecule has 252 valence electrons. The Balaban J connectivity index is 0.00000650. The molecule has 0 saturated carbocycles. The van der Waals surface area contributed by atoms with Gasteiger partial charge in [0.1, 0.15) is 32.7 Å². The first-order valence-electron chi connectivity index (χ1n) is 12.5. The summed E-state index contributed by atoms with van der Waals surface area (Å²) in [6.45, 7) is 0. The zero-order chi connectivity index (χ0) is 35.7. The van der Waals surface area contributed by atoms with Gasteiger partial charge in [0.15, 0.2) is 0 Å². The van der Waals surface area contributed by atoms with Crippen LogP contribution in [-0.4, -0.2) is 62.1 Å². The molecule has 0 aliphatic carbocycles. The fraction of sp³-hybridized carbons (Fsp3) is 0. The van der Waals surface area contributed by atoms with E-state index in [2.05, 4.69) is 20.5 Å². The van der Waals surface area contributed by atoms with Crippen molar-refractivity contribution < 1.29 is 91.7 Å². The van der Waals surface area contributed by atoms with Gasteiger partial charge < -0.3 is 10.2 Å². The molecule has 23 heteroatoms. The summed E-state index contributed by atoms with van der Waals surface area (Å²) < 4.78 is 132. The summed E-state index contributed by atoms with van der Waals surface area (Å²) in [5.41, 5.74) is -1.65. The van der Waals surface area contributed by atoms with Gasteiger partial charge >= 0.3 is 29.6 Å². The normalized spacial score (nSPS) is 12.9. The summed E-state index contributed by atoms with van der Waals surface area (Å²) in [6, 6.07) is 11.6. The first-order chi connectivity index (χ1) is 22.1. The second-order valence-corrected chi connectivity index (χ2v) is 15.0. The number of nitrogens with zero attached hydrogens (tertiary/aromatic N) is 4. The molecule has 4 aromatic rings. The van der Waals surface area contributed by atoms with Crippen LogP contribution in [-0.2, 0) is 40.5 Å². The van der Waals surface area contributed by atoms with Crippen LogP contribution in [0.1, 0.15) is 11.1 Å². The smallest absolute Gasteiger partial charge is 0.506 e. The van der Waals surface area contributed by atoms with Gasteiger partial charge in [0.2, 0.25) is 0 Å². The van der Waals surface area contributed by atoms with Crippen LogP contribution < -0.4 is 29.6 Å². The zero-order valence-corrected chi connectivity index (χ0v) is 29.7. The van der Waals surface area contributed by atoms with E-state index >= 15 is 0 Å². The maximum Gasteiger partial charge on any atom is 1.00 e. The molecule has 0 heterocycles. The van der Waals surface area contributed by atoms with Gasteiger partial charge in [-0.2, -0.15) is 43.9 Å². The monoisotopic (exact) mass is 763 g/mol. The van der Waals surface area contributed by atoms with Crippen LogP contribution in [0.3, 0.4) is 0 Å². The van der Waals surface area contributed by atoms with Gasteiger partial charge in [-0.1, -0.05) is 24.3 Å². The Morgan fingerprint density at radius 1 is 0.449 bits per heavy atom. The third kappa shape index (κ3) is 10.3. The third-order valence-electron chi connectivity index (χ3n) is 6.03.